The zero-order valence-electron chi connectivity index (χ0n) is 16.4. The molecular weight excluding hydrogens is 451 g/mol. The molecule has 0 unspecified atom stereocenters. The molecule has 0 N–H and O–H groups in total. The number of carbonyl (C=O) groups excluding carboxylic acids is 2. The molecule has 0 aliphatic heterocycles. The first kappa shape index (κ1) is 22.1. The minimum atomic E-state index is -0.587. The van der Waals surface area contributed by atoms with E-state index < -0.39 is 11.9 Å². The van der Waals surface area contributed by atoms with Crippen LogP contribution in [0.4, 0.5) is 0 Å². The van der Waals surface area contributed by atoms with E-state index in [4.69, 9.17) is 37.4 Å². The molecule has 0 atom stereocenters. The summed E-state index contributed by atoms with van der Waals surface area (Å²) in [4.78, 5) is 29.7. The van der Waals surface area contributed by atoms with Gasteiger partial charge in [-0.05, 0) is 31.2 Å². The Morgan fingerprint density at radius 3 is 2.37 bits per heavy atom. The fraction of sp³-hybridized carbons (Fsp3) is 0.250. The van der Waals surface area contributed by atoms with E-state index in [0.717, 1.165) is 0 Å². The molecule has 158 valence electrons. The van der Waals surface area contributed by atoms with Gasteiger partial charge in [0.1, 0.15) is 23.6 Å². The summed E-state index contributed by atoms with van der Waals surface area (Å²) in [5.41, 5.74) is 0.674. The molecule has 0 aliphatic rings. The van der Waals surface area contributed by atoms with E-state index in [1.807, 2.05) is 0 Å². The number of fused-ring (bicyclic) bond motifs is 1. The summed E-state index contributed by atoms with van der Waals surface area (Å²) in [7, 11) is 2.90. The van der Waals surface area contributed by atoms with Gasteiger partial charge in [-0.25, -0.2) is 0 Å². The number of aromatic nitrogens is 1. The zero-order valence-corrected chi connectivity index (χ0v) is 18.7. The van der Waals surface area contributed by atoms with Gasteiger partial charge in [-0.15, -0.1) is 0 Å². The van der Waals surface area contributed by atoms with E-state index in [0.29, 0.717) is 26.7 Å². The lowest BCUT2D eigenvalue weighted by Crippen LogP contribution is -2.23. The highest BCUT2D eigenvalue weighted by molar-refractivity contribution is 7.16. The monoisotopic (exact) mass is 468 g/mol. The van der Waals surface area contributed by atoms with Crippen LogP contribution in [-0.2, 0) is 16.1 Å². The average Bonchev–Trinajstić information content (AvgIpc) is 3.07. The second-order valence-corrected chi connectivity index (χ2v) is 7.73. The SMILES string of the molecule is CCOC(=O)Cn1c(=NC(=O)c2c(OC)cccc2OC)sc2ccc(Cl)c(Cl)c21. The molecule has 10 heteroatoms. The predicted octanol–water partition coefficient (Wildman–Crippen LogP) is 4.33. The molecule has 2 aromatic carbocycles. The van der Waals surface area contributed by atoms with Crippen LogP contribution in [-0.4, -0.2) is 37.3 Å². The highest BCUT2D eigenvalue weighted by Crippen LogP contribution is 2.33. The van der Waals surface area contributed by atoms with Gasteiger partial charge in [-0.1, -0.05) is 40.6 Å². The zero-order chi connectivity index (χ0) is 21.8. The number of esters is 1. The summed E-state index contributed by atoms with van der Waals surface area (Å²) in [6.07, 6.45) is 0. The number of nitrogens with zero attached hydrogens (tertiary/aromatic N) is 2. The first-order valence-corrected chi connectivity index (χ1v) is 10.4. The number of ether oxygens (including phenoxy) is 3. The van der Waals surface area contributed by atoms with Gasteiger partial charge >= 0.3 is 5.97 Å². The van der Waals surface area contributed by atoms with Crippen molar-refractivity contribution in [1.82, 2.24) is 4.57 Å². The first-order chi connectivity index (χ1) is 14.4. The Morgan fingerprint density at radius 2 is 1.77 bits per heavy atom. The molecule has 1 heterocycles. The Hall–Kier alpha value is -2.55. The lowest BCUT2D eigenvalue weighted by atomic mass is 10.1. The summed E-state index contributed by atoms with van der Waals surface area (Å²) >= 11 is 13.7. The van der Waals surface area contributed by atoms with Crippen LogP contribution >= 0.6 is 34.5 Å². The highest BCUT2D eigenvalue weighted by Gasteiger charge is 2.20. The van der Waals surface area contributed by atoms with Gasteiger partial charge < -0.3 is 18.8 Å². The molecule has 1 amide bonds. The number of carbonyl (C=O) groups is 2. The Bertz CT molecular complexity index is 1160. The van der Waals surface area contributed by atoms with Crippen LogP contribution in [0.1, 0.15) is 17.3 Å². The maximum absolute atomic E-state index is 13.1. The highest BCUT2D eigenvalue weighted by atomic mass is 35.5. The molecule has 0 fully saturated rings. The van der Waals surface area contributed by atoms with E-state index in [1.165, 1.54) is 30.1 Å². The summed E-state index contributed by atoms with van der Waals surface area (Å²) in [6.45, 7) is 1.75. The normalized spacial score (nSPS) is 11.6. The van der Waals surface area contributed by atoms with Gasteiger partial charge in [0.05, 0.1) is 41.1 Å². The first-order valence-electron chi connectivity index (χ1n) is 8.84. The largest absolute Gasteiger partial charge is 0.496 e. The molecule has 1 aromatic heterocycles. The van der Waals surface area contributed by atoms with Crippen molar-refractivity contribution in [3.63, 3.8) is 0 Å². The van der Waals surface area contributed by atoms with Gasteiger partial charge in [-0.3, -0.25) is 9.59 Å². The third kappa shape index (κ3) is 4.30. The van der Waals surface area contributed by atoms with Crippen LogP contribution in [0.5, 0.6) is 11.5 Å². The van der Waals surface area contributed by atoms with Crippen molar-refractivity contribution in [2.45, 2.75) is 13.5 Å². The molecule has 0 radical (unpaired) electrons. The Balaban J connectivity index is 2.23. The summed E-state index contributed by atoms with van der Waals surface area (Å²) in [6, 6.07) is 8.38. The number of hydrogen-bond donors (Lipinski definition) is 0. The maximum Gasteiger partial charge on any atom is 0.326 e. The second-order valence-electron chi connectivity index (χ2n) is 5.94. The Kier molecular flexibility index (Phi) is 7.02. The van der Waals surface area contributed by atoms with Gasteiger partial charge in [0, 0.05) is 0 Å². The number of amides is 1. The number of benzene rings is 2. The smallest absolute Gasteiger partial charge is 0.326 e. The summed E-state index contributed by atoms with van der Waals surface area (Å²) in [5.74, 6) is -0.433. The molecule has 0 saturated carbocycles. The fourth-order valence-electron chi connectivity index (χ4n) is 2.88. The molecule has 0 bridgehead atoms. The van der Waals surface area contributed by atoms with Crippen LogP contribution in [0, 0.1) is 0 Å². The summed E-state index contributed by atoms with van der Waals surface area (Å²) < 4.78 is 17.9. The molecule has 0 aliphatic carbocycles. The second kappa shape index (κ2) is 9.51. The molecule has 7 nitrogen and oxygen atoms in total. The van der Waals surface area contributed by atoms with E-state index in [1.54, 1.807) is 37.3 Å². The van der Waals surface area contributed by atoms with Crippen LogP contribution in [0.15, 0.2) is 35.3 Å². The number of hydrogen-bond acceptors (Lipinski definition) is 6. The third-order valence-electron chi connectivity index (χ3n) is 4.17. The molecule has 30 heavy (non-hydrogen) atoms. The standard InChI is InChI=1S/C20H18Cl2N2O5S/c1-4-29-15(25)10-24-18-14(9-8-11(21)17(18)22)30-20(24)23-19(26)16-12(27-2)6-5-7-13(16)28-3/h5-9H,4,10H2,1-3H3. The quantitative estimate of drug-likeness (QED) is 0.503. The van der Waals surface area contributed by atoms with Gasteiger partial charge in [0.25, 0.3) is 5.91 Å². The third-order valence-corrected chi connectivity index (χ3v) is 6.00. The lowest BCUT2D eigenvalue weighted by Gasteiger charge is -2.10. The maximum atomic E-state index is 13.1. The van der Waals surface area contributed by atoms with Crippen molar-refractivity contribution >= 4 is 56.6 Å². The van der Waals surface area contributed by atoms with Crippen molar-refractivity contribution in [1.29, 1.82) is 0 Å². The van der Waals surface area contributed by atoms with Gasteiger partial charge in [-0.2, -0.15) is 4.99 Å². The molecule has 3 aromatic rings. The van der Waals surface area contributed by atoms with Crippen molar-refractivity contribution in [3.05, 3.63) is 50.7 Å². The van der Waals surface area contributed by atoms with E-state index in [-0.39, 0.29) is 28.5 Å². The van der Waals surface area contributed by atoms with Crippen LogP contribution in [0.3, 0.4) is 0 Å². The van der Waals surface area contributed by atoms with Crippen LogP contribution in [0.25, 0.3) is 10.2 Å². The van der Waals surface area contributed by atoms with Crippen molar-refractivity contribution in [2.24, 2.45) is 4.99 Å². The van der Waals surface area contributed by atoms with Gasteiger partial charge in [0.2, 0.25) is 0 Å². The number of methoxy groups -OCH3 is 2. The number of rotatable bonds is 6. The minimum Gasteiger partial charge on any atom is -0.496 e. The fourth-order valence-corrected chi connectivity index (χ4v) is 4.39. The minimum absolute atomic E-state index is 0.173. The van der Waals surface area contributed by atoms with E-state index in [2.05, 4.69) is 4.99 Å². The van der Waals surface area contributed by atoms with Gasteiger partial charge in [0.15, 0.2) is 4.80 Å². The molecular formula is C20H18Cl2N2O5S. The van der Waals surface area contributed by atoms with E-state index >= 15 is 0 Å². The number of thiazole rings is 1. The van der Waals surface area contributed by atoms with Crippen molar-refractivity contribution < 1.29 is 23.8 Å². The topological polar surface area (TPSA) is 79.1 Å². The predicted molar refractivity (Wildman–Crippen MR) is 116 cm³/mol. The molecule has 0 spiro atoms. The summed E-state index contributed by atoms with van der Waals surface area (Å²) in [5, 5.41) is 0.585. The molecule has 0 saturated heterocycles. The Morgan fingerprint density at radius 1 is 1.10 bits per heavy atom. The average molecular weight is 469 g/mol. The lowest BCUT2D eigenvalue weighted by molar-refractivity contribution is -0.143. The molecule has 3 rings (SSSR count). The van der Waals surface area contributed by atoms with Crippen LogP contribution < -0.4 is 14.3 Å². The van der Waals surface area contributed by atoms with Crippen molar-refractivity contribution in [3.8, 4) is 11.5 Å². The van der Waals surface area contributed by atoms with Crippen LogP contribution in [0.2, 0.25) is 10.0 Å². The number of halogens is 2. The Labute approximate surface area is 186 Å². The van der Waals surface area contributed by atoms with E-state index in [9.17, 15) is 9.59 Å². The van der Waals surface area contributed by atoms with Crippen molar-refractivity contribution in [2.75, 3.05) is 20.8 Å².